The topological polar surface area (TPSA) is 75.6 Å². The van der Waals surface area contributed by atoms with Gasteiger partial charge < -0.3 is 15.2 Å². The van der Waals surface area contributed by atoms with Crippen LogP contribution < -0.4 is 5.32 Å². The molecular weight excluding hydrogens is 186 g/mol. The number of carbonyl (C=O) groups excluding carboxylic acids is 2. The lowest BCUT2D eigenvalue weighted by molar-refractivity contribution is -0.148. The molecule has 0 fully saturated rings. The first-order chi connectivity index (χ1) is 6.40. The number of methoxy groups -OCH3 is 1. The summed E-state index contributed by atoms with van der Waals surface area (Å²) in [4.78, 5) is 22.4. The molecule has 2 atom stereocenters. The van der Waals surface area contributed by atoms with Gasteiger partial charge in [0, 0.05) is 5.92 Å². The van der Waals surface area contributed by atoms with E-state index in [0.717, 1.165) is 0 Å². The van der Waals surface area contributed by atoms with Gasteiger partial charge in [0.25, 0.3) is 0 Å². The third-order valence-corrected chi connectivity index (χ3v) is 1.76. The van der Waals surface area contributed by atoms with Crippen molar-refractivity contribution in [3.8, 4) is 0 Å². The minimum atomic E-state index is -0.991. The highest BCUT2D eigenvalue weighted by Crippen LogP contribution is 1.99. The molecule has 0 rings (SSSR count). The number of esters is 1. The Morgan fingerprint density at radius 3 is 2.07 bits per heavy atom. The quantitative estimate of drug-likeness (QED) is 0.614. The van der Waals surface area contributed by atoms with Crippen molar-refractivity contribution in [2.45, 2.75) is 32.9 Å². The summed E-state index contributed by atoms with van der Waals surface area (Å²) >= 11 is 0. The number of rotatable bonds is 4. The fourth-order valence-electron chi connectivity index (χ4n) is 0.823. The molecule has 2 unspecified atom stereocenters. The molecule has 0 aliphatic carbocycles. The van der Waals surface area contributed by atoms with Crippen LogP contribution in [0.5, 0.6) is 0 Å². The van der Waals surface area contributed by atoms with E-state index in [1.54, 1.807) is 13.8 Å². The van der Waals surface area contributed by atoms with Gasteiger partial charge in [0.15, 0.2) is 6.04 Å². The maximum atomic E-state index is 11.2. The number of nitrogens with one attached hydrogen (secondary N) is 1. The largest absolute Gasteiger partial charge is 0.467 e. The summed E-state index contributed by atoms with van der Waals surface area (Å²) in [5, 5.41) is 11.6. The molecule has 0 radical (unpaired) electrons. The maximum Gasteiger partial charge on any atom is 0.331 e. The molecule has 0 saturated heterocycles. The predicted molar refractivity (Wildman–Crippen MR) is 50.5 cm³/mol. The van der Waals surface area contributed by atoms with E-state index in [1.807, 2.05) is 0 Å². The van der Waals surface area contributed by atoms with Crippen molar-refractivity contribution in [2.75, 3.05) is 7.11 Å². The van der Waals surface area contributed by atoms with Crippen LogP contribution in [-0.2, 0) is 14.3 Å². The van der Waals surface area contributed by atoms with Crippen molar-refractivity contribution in [1.82, 2.24) is 5.32 Å². The zero-order valence-corrected chi connectivity index (χ0v) is 8.90. The van der Waals surface area contributed by atoms with Crippen LogP contribution in [0.15, 0.2) is 0 Å². The molecule has 0 aromatic rings. The van der Waals surface area contributed by atoms with Gasteiger partial charge in [-0.05, 0) is 6.92 Å². The Bertz CT molecular complexity index is 213. The highest BCUT2D eigenvalue weighted by molar-refractivity contribution is 5.85. The van der Waals surface area contributed by atoms with Crippen molar-refractivity contribution in [2.24, 2.45) is 5.92 Å². The lowest BCUT2D eigenvalue weighted by Crippen LogP contribution is -2.49. The second-order valence-corrected chi connectivity index (χ2v) is 3.40. The SMILES string of the molecule is COC(=O)C(NC(=O)C(C)C)C(C)O. The van der Waals surface area contributed by atoms with E-state index >= 15 is 0 Å². The van der Waals surface area contributed by atoms with Crippen molar-refractivity contribution in [3.63, 3.8) is 0 Å². The standard InChI is InChI=1S/C9H17NO4/c1-5(2)8(12)10-7(6(3)11)9(13)14-4/h5-7,11H,1-4H3,(H,10,12). The number of hydrogen-bond donors (Lipinski definition) is 2. The summed E-state index contributed by atoms with van der Waals surface area (Å²) in [7, 11) is 1.21. The van der Waals surface area contributed by atoms with Crippen molar-refractivity contribution < 1.29 is 19.4 Å². The molecule has 0 spiro atoms. The van der Waals surface area contributed by atoms with Crippen LogP contribution in [-0.4, -0.2) is 36.2 Å². The molecular formula is C9H17NO4. The van der Waals surface area contributed by atoms with Crippen LogP contribution in [0.25, 0.3) is 0 Å². The number of ether oxygens (including phenoxy) is 1. The van der Waals surface area contributed by atoms with Gasteiger partial charge in [-0.15, -0.1) is 0 Å². The monoisotopic (exact) mass is 203 g/mol. The van der Waals surface area contributed by atoms with E-state index in [4.69, 9.17) is 0 Å². The first-order valence-corrected chi connectivity index (χ1v) is 4.46. The Morgan fingerprint density at radius 2 is 1.79 bits per heavy atom. The molecule has 5 heteroatoms. The van der Waals surface area contributed by atoms with Crippen LogP contribution in [0.2, 0.25) is 0 Å². The summed E-state index contributed by atoms with van der Waals surface area (Å²) < 4.78 is 4.44. The Balaban J connectivity index is 4.38. The third-order valence-electron chi connectivity index (χ3n) is 1.76. The summed E-state index contributed by atoms with van der Waals surface area (Å²) in [6, 6.07) is -0.991. The number of aliphatic hydroxyl groups is 1. The normalized spacial score (nSPS) is 14.7. The number of aliphatic hydroxyl groups excluding tert-OH is 1. The molecule has 1 amide bonds. The molecule has 0 saturated carbocycles. The fraction of sp³-hybridized carbons (Fsp3) is 0.778. The average Bonchev–Trinajstić information content (AvgIpc) is 2.11. The molecule has 0 aliphatic heterocycles. The summed E-state index contributed by atoms with van der Waals surface area (Å²) in [5.74, 6) is -1.17. The minimum absolute atomic E-state index is 0.235. The minimum Gasteiger partial charge on any atom is -0.467 e. The number of hydrogen-bond acceptors (Lipinski definition) is 4. The van der Waals surface area contributed by atoms with Crippen molar-refractivity contribution in [1.29, 1.82) is 0 Å². The van der Waals surface area contributed by atoms with Gasteiger partial charge >= 0.3 is 5.97 Å². The predicted octanol–water partition coefficient (Wildman–Crippen LogP) is -0.319. The van der Waals surface area contributed by atoms with Gasteiger partial charge in [-0.2, -0.15) is 0 Å². The highest BCUT2D eigenvalue weighted by Gasteiger charge is 2.26. The molecule has 0 bridgehead atoms. The van der Waals surface area contributed by atoms with E-state index in [1.165, 1.54) is 14.0 Å². The number of amides is 1. The first kappa shape index (κ1) is 12.9. The second-order valence-electron chi connectivity index (χ2n) is 3.40. The van der Waals surface area contributed by atoms with Crippen molar-refractivity contribution >= 4 is 11.9 Å². The van der Waals surface area contributed by atoms with Crippen molar-refractivity contribution in [3.05, 3.63) is 0 Å². The van der Waals surface area contributed by atoms with Gasteiger partial charge in [0.05, 0.1) is 13.2 Å². The molecule has 82 valence electrons. The lowest BCUT2D eigenvalue weighted by Gasteiger charge is -2.19. The average molecular weight is 203 g/mol. The summed E-state index contributed by atoms with van der Waals surface area (Å²) in [5.41, 5.74) is 0. The smallest absolute Gasteiger partial charge is 0.331 e. The van der Waals surface area contributed by atoms with E-state index in [9.17, 15) is 14.7 Å². The van der Waals surface area contributed by atoms with Gasteiger partial charge in [0.1, 0.15) is 0 Å². The van der Waals surface area contributed by atoms with E-state index in [-0.39, 0.29) is 11.8 Å². The van der Waals surface area contributed by atoms with E-state index in [2.05, 4.69) is 10.1 Å². The fourth-order valence-corrected chi connectivity index (χ4v) is 0.823. The van der Waals surface area contributed by atoms with E-state index in [0.29, 0.717) is 0 Å². The van der Waals surface area contributed by atoms with Crippen LogP contribution in [0.4, 0.5) is 0 Å². The van der Waals surface area contributed by atoms with E-state index < -0.39 is 18.1 Å². The Kier molecular flexibility index (Phi) is 5.15. The van der Waals surface area contributed by atoms with Crippen LogP contribution in [0.3, 0.4) is 0 Å². The highest BCUT2D eigenvalue weighted by atomic mass is 16.5. The van der Waals surface area contributed by atoms with Gasteiger partial charge in [-0.25, -0.2) is 4.79 Å². The lowest BCUT2D eigenvalue weighted by atomic mass is 10.1. The first-order valence-electron chi connectivity index (χ1n) is 4.46. The van der Waals surface area contributed by atoms with Gasteiger partial charge in [0.2, 0.25) is 5.91 Å². The van der Waals surface area contributed by atoms with Crippen LogP contribution in [0.1, 0.15) is 20.8 Å². The Hall–Kier alpha value is -1.10. The molecule has 14 heavy (non-hydrogen) atoms. The molecule has 0 heterocycles. The van der Waals surface area contributed by atoms with Gasteiger partial charge in [-0.3, -0.25) is 4.79 Å². The molecule has 0 aliphatic rings. The maximum absolute atomic E-state index is 11.2. The molecule has 0 aromatic heterocycles. The number of carbonyl (C=O) groups is 2. The Morgan fingerprint density at radius 1 is 1.29 bits per heavy atom. The second kappa shape index (κ2) is 5.59. The van der Waals surface area contributed by atoms with Gasteiger partial charge in [-0.1, -0.05) is 13.8 Å². The molecule has 2 N–H and O–H groups in total. The zero-order chi connectivity index (χ0) is 11.3. The zero-order valence-electron chi connectivity index (χ0n) is 8.90. The summed E-state index contributed by atoms with van der Waals surface area (Å²) in [6.45, 7) is 4.82. The molecule has 0 aromatic carbocycles. The van der Waals surface area contributed by atoms with Crippen LogP contribution >= 0.6 is 0 Å². The summed E-state index contributed by atoms with van der Waals surface area (Å²) in [6.07, 6.45) is -0.967. The molecule has 5 nitrogen and oxygen atoms in total. The van der Waals surface area contributed by atoms with Crippen LogP contribution in [0, 0.1) is 5.92 Å². The Labute approximate surface area is 83.4 Å². The third kappa shape index (κ3) is 3.74.